The summed E-state index contributed by atoms with van der Waals surface area (Å²) in [5.74, 6) is -3.17. The van der Waals surface area contributed by atoms with E-state index in [2.05, 4.69) is 5.32 Å². The molecular weight excluding hydrogens is 226 g/mol. The molecule has 0 aromatic carbocycles. The molecule has 2 rings (SSSR count). The molecule has 6 nitrogen and oxygen atoms in total. The van der Waals surface area contributed by atoms with E-state index in [1.54, 1.807) is 6.07 Å². The second-order valence-electron chi connectivity index (χ2n) is 3.47. The number of rotatable bonds is 3. The molecule has 0 fully saturated rings. The number of nitrogens with one attached hydrogen (secondary N) is 1. The van der Waals surface area contributed by atoms with Gasteiger partial charge in [0, 0.05) is 18.0 Å². The second-order valence-corrected chi connectivity index (χ2v) is 3.47. The summed E-state index contributed by atoms with van der Waals surface area (Å²) in [5.41, 5.74) is 0.423. The molecule has 2 heterocycles. The van der Waals surface area contributed by atoms with E-state index in [0.29, 0.717) is 5.56 Å². The summed E-state index contributed by atoms with van der Waals surface area (Å²) in [7, 11) is 0. The normalized spacial score (nSPS) is 15.8. The molecule has 1 aromatic heterocycles. The molecule has 0 saturated carbocycles. The van der Waals surface area contributed by atoms with Crippen LogP contribution in [0.15, 0.2) is 46.6 Å². The van der Waals surface area contributed by atoms with Gasteiger partial charge < -0.3 is 19.9 Å². The van der Waals surface area contributed by atoms with Crippen LogP contribution < -0.4 is 5.32 Å². The van der Waals surface area contributed by atoms with Crippen molar-refractivity contribution in [2.75, 3.05) is 0 Å². The van der Waals surface area contributed by atoms with Gasteiger partial charge in [-0.15, -0.1) is 0 Å². The molecule has 1 aliphatic rings. The number of hydrogen-bond acceptors (Lipinski definition) is 4. The van der Waals surface area contributed by atoms with Crippen LogP contribution in [0.2, 0.25) is 0 Å². The zero-order valence-corrected chi connectivity index (χ0v) is 8.58. The smallest absolute Gasteiger partial charge is 0.334 e. The second kappa shape index (κ2) is 4.17. The van der Waals surface area contributed by atoms with Gasteiger partial charge in [0.1, 0.15) is 0 Å². The third kappa shape index (κ3) is 1.92. The number of carboxylic acids is 2. The van der Waals surface area contributed by atoms with Crippen LogP contribution in [0.3, 0.4) is 0 Å². The van der Waals surface area contributed by atoms with Gasteiger partial charge in [0.05, 0.1) is 29.6 Å². The van der Waals surface area contributed by atoms with Gasteiger partial charge in [0.2, 0.25) is 0 Å². The molecule has 0 spiro atoms. The van der Waals surface area contributed by atoms with E-state index in [1.807, 2.05) is 0 Å². The minimum absolute atomic E-state index is 0.0358. The topological polar surface area (TPSA) is 99.8 Å². The summed E-state index contributed by atoms with van der Waals surface area (Å²) in [4.78, 5) is 22.1. The Morgan fingerprint density at radius 3 is 2.18 bits per heavy atom. The molecule has 0 aliphatic carbocycles. The van der Waals surface area contributed by atoms with Gasteiger partial charge in [-0.2, -0.15) is 0 Å². The van der Waals surface area contributed by atoms with Gasteiger partial charge in [0.25, 0.3) is 0 Å². The highest BCUT2D eigenvalue weighted by Crippen LogP contribution is 2.33. The largest absolute Gasteiger partial charge is 0.478 e. The highest BCUT2D eigenvalue weighted by Gasteiger charge is 2.32. The highest BCUT2D eigenvalue weighted by molar-refractivity contribution is 5.97. The molecule has 0 amide bonds. The third-order valence-corrected chi connectivity index (χ3v) is 2.47. The van der Waals surface area contributed by atoms with Crippen molar-refractivity contribution in [3.8, 4) is 0 Å². The van der Waals surface area contributed by atoms with Crippen molar-refractivity contribution >= 4 is 11.9 Å². The predicted molar refractivity (Wildman–Crippen MR) is 56.0 cm³/mol. The number of furan rings is 1. The summed E-state index contributed by atoms with van der Waals surface area (Å²) in [6, 6.07) is 1.55. The van der Waals surface area contributed by atoms with Crippen LogP contribution in [0.1, 0.15) is 11.5 Å². The highest BCUT2D eigenvalue weighted by atomic mass is 16.4. The molecule has 1 aromatic rings. The van der Waals surface area contributed by atoms with Crippen LogP contribution in [0.25, 0.3) is 0 Å². The van der Waals surface area contributed by atoms with E-state index in [-0.39, 0.29) is 11.1 Å². The van der Waals surface area contributed by atoms with Gasteiger partial charge in [0.15, 0.2) is 0 Å². The summed E-state index contributed by atoms with van der Waals surface area (Å²) < 4.78 is 4.86. The van der Waals surface area contributed by atoms with Crippen molar-refractivity contribution in [1.29, 1.82) is 0 Å². The third-order valence-electron chi connectivity index (χ3n) is 2.47. The molecule has 6 heteroatoms. The van der Waals surface area contributed by atoms with Gasteiger partial charge in [-0.1, -0.05) is 0 Å². The Morgan fingerprint density at radius 1 is 1.18 bits per heavy atom. The Kier molecular flexibility index (Phi) is 2.70. The van der Waals surface area contributed by atoms with Crippen molar-refractivity contribution in [3.63, 3.8) is 0 Å². The minimum atomic E-state index is -1.17. The average molecular weight is 235 g/mol. The Bertz CT molecular complexity index is 482. The lowest BCUT2D eigenvalue weighted by molar-refractivity contribution is -0.133. The molecule has 0 radical (unpaired) electrons. The first-order valence-electron chi connectivity index (χ1n) is 4.76. The maximum atomic E-state index is 11.1. The lowest BCUT2D eigenvalue weighted by Gasteiger charge is -2.20. The quantitative estimate of drug-likeness (QED) is 0.719. The first-order chi connectivity index (χ1) is 8.11. The standard InChI is InChI=1S/C11H9NO5/c13-10(14)7-3-12-4-8(11(15)16)9(7)6-1-2-17-5-6/h1-5,9,12H,(H,13,14)(H,15,16). The van der Waals surface area contributed by atoms with E-state index >= 15 is 0 Å². The number of aliphatic carboxylic acids is 2. The van der Waals surface area contributed by atoms with Gasteiger partial charge >= 0.3 is 11.9 Å². The van der Waals surface area contributed by atoms with E-state index in [1.165, 1.54) is 24.9 Å². The van der Waals surface area contributed by atoms with E-state index in [0.717, 1.165) is 0 Å². The Morgan fingerprint density at radius 2 is 1.76 bits per heavy atom. The molecule has 0 bridgehead atoms. The predicted octanol–water partition coefficient (Wildman–Crippen LogP) is 0.903. The van der Waals surface area contributed by atoms with Crippen molar-refractivity contribution < 1.29 is 24.2 Å². The van der Waals surface area contributed by atoms with Crippen molar-refractivity contribution in [1.82, 2.24) is 5.32 Å². The van der Waals surface area contributed by atoms with Gasteiger partial charge in [-0.25, -0.2) is 9.59 Å². The Balaban J connectivity index is 2.48. The minimum Gasteiger partial charge on any atom is -0.478 e. The Labute approximate surface area is 95.9 Å². The maximum Gasteiger partial charge on any atom is 0.334 e. The van der Waals surface area contributed by atoms with Gasteiger partial charge in [-0.3, -0.25) is 0 Å². The Hall–Kier alpha value is -2.50. The van der Waals surface area contributed by atoms with Crippen molar-refractivity contribution in [3.05, 3.63) is 47.7 Å². The van der Waals surface area contributed by atoms with Crippen LogP contribution in [0.4, 0.5) is 0 Å². The summed E-state index contributed by atoms with van der Waals surface area (Å²) in [6.45, 7) is 0. The zero-order chi connectivity index (χ0) is 12.4. The molecule has 17 heavy (non-hydrogen) atoms. The molecule has 0 saturated heterocycles. The fourth-order valence-electron chi connectivity index (χ4n) is 1.72. The fraction of sp³-hybridized carbons (Fsp3) is 0.0909. The van der Waals surface area contributed by atoms with Crippen molar-refractivity contribution in [2.24, 2.45) is 0 Å². The summed E-state index contributed by atoms with van der Waals surface area (Å²) >= 11 is 0. The van der Waals surface area contributed by atoms with Crippen LogP contribution in [-0.4, -0.2) is 22.2 Å². The molecule has 3 N–H and O–H groups in total. The molecule has 1 aliphatic heterocycles. The van der Waals surface area contributed by atoms with Crippen LogP contribution in [0, 0.1) is 0 Å². The first-order valence-corrected chi connectivity index (χ1v) is 4.76. The number of carbonyl (C=O) groups is 2. The maximum absolute atomic E-state index is 11.1. The molecular formula is C11H9NO5. The lowest BCUT2D eigenvalue weighted by atomic mass is 9.85. The number of carboxylic acid groups (broad SMARTS) is 2. The van der Waals surface area contributed by atoms with Gasteiger partial charge in [-0.05, 0) is 6.07 Å². The van der Waals surface area contributed by atoms with E-state index in [9.17, 15) is 9.59 Å². The van der Waals surface area contributed by atoms with E-state index in [4.69, 9.17) is 14.6 Å². The summed E-state index contributed by atoms with van der Waals surface area (Å²) in [5, 5.41) is 20.6. The lowest BCUT2D eigenvalue weighted by Crippen LogP contribution is -2.24. The SMILES string of the molecule is O=C(O)C1=CNC=C(C(=O)O)C1c1ccoc1. The van der Waals surface area contributed by atoms with E-state index < -0.39 is 17.9 Å². The fourth-order valence-corrected chi connectivity index (χ4v) is 1.72. The van der Waals surface area contributed by atoms with Crippen LogP contribution in [0.5, 0.6) is 0 Å². The number of hydrogen-bond donors (Lipinski definition) is 3. The number of dihydropyridines is 1. The average Bonchev–Trinajstić information content (AvgIpc) is 2.80. The monoisotopic (exact) mass is 235 g/mol. The molecule has 0 atom stereocenters. The van der Waals surface area contributed by atoms with Crippen LogP contribution >= 0.6 is 0 Å². The first kappa shape index (κ1) is 11.0. The summed E-state index contributed by atoms with van der Waals surface area (Å²) in [6.07, 6.45) is 5.25. The molecule has 0 unspecified atom stereocenters. The van der Waals surface area contributed by atoms with Crippen LogP contribution in [-0.2, 0) is 9.59 Å². The zero-order valence-electron chi connectivity index (χ0n) is 8.58. The van der Waals surface area contributed by atoms with Crippen molar-refractivity contribution in [2.45, 2.75) is 5.92 Å². The molecule has 88 valence electrons.